The topological polar surface area (TPSA) is 83.9 Å². The van der Waals surface area contributed by atoms with Crippen LogP contribution in [0.25, 0.3) is 0 Å². The average Bonchev–Trinajstić information content (AvgIpc) is 3.23. The van der Waals surface area contributed by atoms with E-state index in [0.29, 0.717) is 12.6 Å². The van der Waals surface area contributed by atoms with Gasteiger partial charge in [-0.25, -0.2) is 0 Å². The van der Waals surface area contributed by atoms with E-state index in [1.165, 1.54) is 6.42 Å². The van der Waals surface area contributed by atoms with E-state index in [4.69, 9.17) is 15.2 Å². The van der Waals surface area contributed by atoms with E-state index in [1.807, 2.05) is 0 Å². The first kappa shape index (κ1) is 16.8. The number of hydrogen-bond donors (Lipinski definition) is 4. The van der Waals surface area contributed by atoms with Gasteiger partial charge in [-0.15, -0.1) is 0 Å². The van der Waals surface area contributed by atoms with E-state index in [-0.39, 0.29) is 0 Å². The quantitative estimate of drug-likeness (QED) is 0.224. The van der Waals surface area contributed by atoms with Gasteiger partial charge in [0, 0.05) is 45.9 Å². The zero-order chi connectivity index (χ0) is 13.6. The number of ether oxygens (including phenoxy) is 2. The highest BCUT2D eigenvalue weighted by Gasteiger charge is 2.21. The molecule has 5 N–H and O–H groups in total. The van der Waals surface area contributed by atoms with Crippen LogP contribution in [0.2, 0.25) is 0 Å². The summed E-state index contributed by atoms with van der Waals surface area (Å²) >= 11 is 0. The lowest BCUT2D eigenvalue weighted by Gasteiger charge is -2.07. The van der Waals surface area contributed by atoms with Gasteiger partial charge in [0.05, 0.1) is 13.2 Å². The van der Waals surface area contributed by atoms with E-state index >= 15 is 0 Å². The third kappa shape index (κ3) is 12.5. The molecule has 1 atom stereocenters. The fourth-order valence-corrected chi connectivity index (χ4v) is 1.66. The maximum atomic E-state index is 5.47. The van der Waals surface area contributed by atoms with Crippen LogP contribution in [0.3, 0.4) is 0 Å². The molecule has 1 unspecified atom stereocenters. The molecule has 0 bridgehead atoms. The fraction of sp³-hybridized carbons (Fsp3) is 1.00. The zero-order valence-corrected chi connectivity index (χ0v) is 12.0. The number of epoxide rings is 1. The number of hydrogen-bond acceptors (Lipinski definition) is 6. The summed E-state index contributed by atoms with van der Waals surface area (Å²) in [5.41, 5.74) is 5.38. The number of nitrogens with two attached hydrogens (primary N) is 1. The highest BCUT2D eigenvalue weighted by atomic mass is 16.6. The molecule has 6 heteroatoms. The van der Waals surface area contributed by atoms with E-state index in [9.17, 15) is 0 Å². The second kappa shape index (κ2) is 12.8. The van der Waals surface area contributed by atoms with Crippen LogP contribution in [0.4, 0.5) is 0 Å². The van der Waals surface area contributed by atoms with Crippen LogP contribution in [-0.2, 0) is 9.47 Å². The van der Waals surface area contributed by atoms with Gasteiger partial charge in [0.1, 0.15) is 6.10 Å². The molecule has 1 saturated heterocycles. The van der Waals surface area contributed by atoms with Crippen LogP contribution in [0.5, 0.6) is 0 Å². The molecule has 1 fully saturated rings. The molecule has 6 nitrogen and oxygen atoms in total. The Morgan fingerprint density at radius 2 is 1.58 bits per heavy atom. The van der Waals surface area contributed by atoms with Crippen molar-refractivity contribution in [3.05, 3.63) is 0 Å². The first-order valence-corrected chi connectivity index (χ1v) is 7.45. The summed E-state index contributed by atoms with van der Waals surface area (Å²) in [5.74, 6) is 0. The van der Waals surface area contributed by atoms with Crippen molar-refractivity contribution in [2.75, 3.05) is 65.6 Å². The molecule has 0 aromatic carbocycles. The van der Waals surface area contributed by atoms with Crippen molar-refractivity contribution in [3.8, 4) is 0 Å². The highest BCUT2D eigenvalue weighted by molar-refractivity contribution is 4.67. The third-order valence-corrected chi connectivity index (χ3v) is 2.88. The van der Waals surface area contributed by atoms with E-state index < -0.39 is 0 Å². The minimum absolute atomic E-state index is 0.392. The van der Waals surface area contributed by atoms with Crippen LogP contribution in [0.1, 0.15) is 12.8 Å². The van der Waals surface area contributed by atoms with Gasteiger partial charge in [0.25, 0.3) is 0 Å². The Kier molecular flexibility index (Phi) is 11.3. The molecule has 0 radical (unpaired) electrons. The SMILES string of the molecule is NCCNCCNCCNCCCCOCC1CO1. The van der Waals surface area contributed by atoms with Crippen molar-refractivity contribution >= 4 is 0 Å². The minimum Gasteiger partial charge on any atom is -0.379 e. The van der Waals surface area contributed by atoms with E-state index in [0.717, 1.165) is 65.5 Å². The fourth-order valence-electron chi connectivity index (χ4n) is 1.66. The lowest BCUT2D eigenvalue weighted by molar-refractivity contribution is 0.113. The van der Waals surface area contributed by atoms with Gasteiger partial charge in [-0.1, -0.05) is 0 Å². The van der Waals surface area contributed by atoms with Gasteiger partial charge in [-0.2, -0.15) is 0 Å². The summed E-state index contributed by atoms with van der Waals surface area (Å²) in [5, 5.41) is 10.0. The maximum Gasteiger partial charge on any atom is 0.104 e. The molecule has 0 amide bonds. The molecule has 1 rings (SSSR count). The average molecular weight is 274 g/mol. The molecule has 0 aromatic rings. The summed E-state index contributed by atoms with van der Waals surface area (Å²) in [6.45, 7) is 9.20. The predicted molar refractivity (Wildman–Crippen MR) is 77.5 cm³/mol. The van der Waals surface area contributed by atoms with Crippen LogP contribution in [0.15, 0.2) is 0 Å². The summed E-state index contributed by atoms with van der Waals surface area (Å²) in [6.07, 6.45) is 2.68. The standard InChI is InChI=1S/C13H30N4O2/c14-3-5-16-7-9-17-8-6-15-4-1-2-10-18-11-13-12-19-13/h13,15-17H,1-12,14H2. The number of unbranched alkanes of at least 4 members (excludes halogenated alkanes) is 1. The molecule has 114 valence electrons. The Morgan fingerprint density at radius 3 is 2.21 bits per heavy atom. The predicted octanol–water partition coefficient (Wildman–Crippen LogP) is -1.09. The Balaban J connectivity index is 1.60. The molecular weight excluding hydrogens is 244 g/mol. The minimum atomic E-state index is 0.392. The van der Waals surface area contributed by atoms with E-state index in [2.05, 4.69) is 16.0 Å². The normalized spacial score (nSPS) is 17.8. The van der Waals surface area contributed by atoms with Crippen molar-refractivity contribution in [1.29, 1.82) is 0 Å². The molecule has 0 aliphatic carbocycles. The molecular formula is C13H30N4O2. The smallest absolute Gasteiger partial charge is 0.104 e. The molecule has 1 aliphatic heterocycles. The van der Waals surface area contributed by atoms with Crippen LogP contribution >= 0.6 is 0 Å². The second-order valence-corrected chi connectivity index (χ2v) is 4.78. The zero-order valence-electron chi connectivity index (χ0n) is 12.0. The van der Waals surface area contributed by atoms with Crippen molar-refractivity contribution in [2.45, 2.75) is 18.9 Å². The largest absolute Gasteiger partial charge is 0.379 e. The molecule has 0 saturated carbocycles. The maximum absolute atomic E-state index is 5.47. The number of nitrogens with one attached hydrogen (secondary N) is 3. The molecule has 19 heavy (non-hydrogen) atoms. The first-order valence-electron chi connectivity index (χ1n) is 7.45. The second-order valence-electron chi connectivity index (χ2n) is 4.78. The summed E-state index contributed by atoms with van der Waals surface area (Å²) in [7, 11) is 0. The first-order chi connectivity index (χ1) is 9.43. The van der Waals surface area contributed by atoms with Gasteiger partial charge in [-0.3, -0.25) is 0 Å². The van der Waals surface area contributed by atoms with Gasteiger partial charge in [0.2, 0.25) is 0 Å². The Hall–Kier alpha value is -0.240. The van der Waals surface area contributed by atoms with Crippen molar-refractivity contribution in [2.24, 2.45) is 5.73 Å². The Labute approximate surface area is 116 Å². The Bertz CT molecular complexity index is 191. The van der Waals surface area contributed by atoms with Gasteiger partial charge >= 0.3 is 0 Å². The molecule has 1 aliphatic rings. The van der Waals surface area contributed by atoms with Crippen molar-refractivity contribution in [3.63, 3.8) is 0 Å². The monoisotopic (exact) mass is 274 g/mol. The van der Waals surface area contributed by atoms with Crippen LogP contribution < -0.4 is 21.7 Å². The van der Waals surface area contributed by atoms with Gasteiger partial charge < -0.3 is 31.2 Å². The Morgan fingerprint density at radius 1 is 0.947 bits per heavy atom. The summed E-state index contributed by atoms with van der Waals surface area (Å²) in [6, 6.07) is 0. The molecule has 1 heterocycles. The number of rotatable bonds is 15. The van der Waals surface area contributed by atoms with E-state index in [1.54, 1.807) is 0 Å². The van der Waals surface area contributed by atoms with Gasteiger partial charge in [-0.05, 0) is 19.4 Å². The lowest BCUT2D eigenvalue weighted by Crippen LogP contribution is -2.34. The third-order valence-electron chi connectivity index (χ3n) is 2.88. The molecule has 0 spiro atoms. The summed E-state index contributed by atoms with van der Waals surface area (Å²) < 4.78 is 10.5. The molecule has 0 aromatic heterocycles. The van der Waals surface area contributed by atoms with Crippen molar-refractivity contribution in [1.82, 2.24) is 16.0 Å². The lowest BCUT2D eigenvalue weighted by atomic mass is 10.3. The van der Waals surface area contributed by atoms with Crippen LogP contribution in [-0.4, -0.2) is 71.7 Å². The van der Waals surface area contributed by atoms with Crippen molar-refractivity contribution < 1.29 is 9.47 Å². The van der Waals surface area contributed by atoms with Gasteiger partial charge in [0.15, 0.2) is 0 Å². The highest BCUT2D eigenvalue weighted by Crippen LogP contribution is 2.08. The van der Waals surface area contributed by atoms with Crippen LogP contribution in [0, 0.1) is 0 Å². The summed E-state index contributed by atoms with van der Waals surface area (Å²) in [4.78, 5) is 0.